The highest BCUT2D eigenvalue weighted by molar-refractivity contribution is 5.88. The topological polar surface area (TPSA) is 108 Å². The molecule has 1 atom stereocenters. The maximum absolute atomic E-state index is 13.5. The number of hydrogen-bond acceptors (Lipinski definition) is 6. The predicted molar refractivity (Wildman–Crippen MR) is 113 cm³/mol. The van der Waals surface area contributed by atoms with E-state index in [1.54, 1.807) is 17.6 Å². The molecule has 0 saturated heterocycles. The molecule has 162 valence electrons. The molecule has 2 aromatic heterocycles. The zero-order chi connectivity index (χ0) is 22.3. The summed E-state index contributed by atoms with van der Waals surface area (Å²) in [5, 5.41) is 10.7. The number of aromatic nitrogens is 2. The van der Waals surface area contributed by atoms with Gasteiger partial charge in [-0.05, 0) is 37.5 Å². The van der Waals surface area contributed by atoms with Gasteiger partial charge in [0.2, 0.25) is 0 Å². The Bertz CT molecular complexity index is 1400. The highest BCUT2D eigenvalue weighted by Gasteiger charge is 2.60. The second-order valence-corrected chi connectivity index (χ2v) is 8.66. The van der Waals surface area contributed by atoms with Crippen LogP contribution in [0.3, 0.4) is 0 Å². The molecule has 1 fully saturated rings. The van der Waals surface area contributed by atoms with E-state index in [1.165, 1.54) is 0 Å². The Morgan fingerprint density at radius 3 is 2.75 bits per heavy atom. The van der Waals surface area contributed by atoms with Crippen LogP contribution in [0.5, 0.6) is 0 Å². The first-order valence-corrected chi connectivity index (χ1v) is 10.7. The zero-order valence-electron chi connectivity index (χ0n) is 17.4. The number of carbonyl (C=O) groups excluding carboxylic acids is 1. The van der Waals surface area contributed by atoms with Crippen molar-refractivity contribution < 1.29 is 24.2 Å². The maximum atomic E-state index is 13.5. The molecular weight excluding hydrogens is 412 g/mol. The number of carboxylic acid groups (broad SMARTS) is 1. The molecule has 32 heavy (non-hydrogen) atoms. The third-order valence-electron chi connectivity index (χ3n) is 6.85. The first-order chi connectivity index (χ1) is 15.4. The van der Waals surface area contributed by atoms with Gasteiger partial charge in [0.05, 0.1) is 29.0 Å². The van der Waals surface area contributed by atoms with E-state index in [4.69, 9.17) is 14.5 Å². The molecule has 1 N–H and O–H groups in total. The SMILES string of the molecule is CC[C@@]1(OC2(C(=O)O)CC2)C(=O)OCc2c1cc1n(c2=O)Cc2cc3ccccc3nc2-1. The van der Waals surface area contributed by atoms with Crippen molar-refractivity contribution in [3.8, 4) is 11.4 Å². The van der Waals surface area contributed by atoms with Crippen molar-refractivity contribution >= 4 is 22.8 Å². The monoisotopic (exact) mass is 432 g/mol. The van der Waals surface area contributed by atoms with Gasteiger partial charge in [-0.15, -0.1) is 0 Å². The van der Waals surface area contributed by atoms with Crippen LogP contribution in [0.1, 0.15) is 42.9 Å². The first kappa shape index (κ1) is 19.2. The van der Waals surface area contributed by atoms with Gasteiger partial charge in [-0.1, -0.05) is 25.1 Å². The van der Waals surface area contributed by atoms with Crippen LogP contribution in [0.25, 0.3) is 22.3 Å². The van der Waals surface area contributed by atoms with Gasteiger partial charge in [-0.2, -0.15) is 0 Å². The number of esters is 1. The summed E-state index contributed by atoms with van der Waals surface area (Å²) in [4.78, 5) is 43.1. The fourth-order valence-corrected chi connectivity index (χ4v) is 4.89. The third-order valence-corrected chi connectivity index (χ3v) is 6.85. The number of ether oxygens (including phenoxy) is 2. The summed E-state index contributed by atoms with van der Waals surface area (Å²) in [5.41, 5.74) is 0.401. The van der Waals surface area contributed by atoms with Crippen molar-refractivity contribution in [1.82, 2.24) is 9.55 Å². The Hall–Kier alpha value is -3.52. The van der Waals surface area contributed by atoms with Crippen molar-refractivity contribution in [2.75, 3.05) is 0 Å². The molecule has 8 nitrogen and oxygen atoms in total. The fraction of sp³-hybridized carbons (Fsp3) is 0.333. The number of carbonyl (C=O) groups is 2. The Balaban J connectivity index is 1.58. The Morgan fingerprint density at radius 1 is 1.25 bits per heavy atom. The minimum atomic E-state index is -1.64. The molecule has 3 aliphatic rings. The van der Waals surface area contributed by atoms with Crippen molar-refractivity contribution in [1.29, 1.82) is 0 Å². The van der Waals surface area contributed by atoms with Crippen LogP contribution in [0, 0.1) is 0 Å². The molecule has 6 rings (SSSR count). The van der Waals surface area contributed by atoms with Crippen molar-refractivity contribution in [2.24, 2.45) is 0 Å². The number of cyclic esters (lactones) is 1. The van der Waals surface area contributed by atoms with Crippen LogP contribution in [-0.4, -0.2) is 32.2 Å². The first-order valence-electron chi connectivity index (χ1n) is 10.7. The number of pyridine rings is 2. The quantitative estimate of drug-likeness (QED) is 0.494. The lowest BCUT2D eigenvalue weighted by Crippen LogP contribution is -2.50. The molecule has 4 heterocycles. The summed E-state index contributed by atoms with van der Waals surface area (Å²) in [7, 11) is 0. The Morgan fingerprint density at radius 2 is 2.03 bits per heavy atom. The summed E-state index contributed by atoms with van der Waals surface area (Å²) in [6, 6.07) is 11.5. The van der Waals surface area contributed by atoms with Crippen molar-refractivity contribution in [3.63, 3.8) is 0 Å². The van der Waals surface area contributed by atoms with Gasteiger partial charge in [0.25, 0.3) is 5.56 Å². The normalized spacial score (nSPS) is 22.1. The van der Waals surface area contributed by atoms with Gasteiger partial charge in [0.15, 0.2) is 11.2 Å². The average Bonchev–Trinajstić information content (AvgIpc) is 3.49. The summed E-state index contributed by atoms with van der Waals surface area (Å²) in [5.74, 6) is -1.77. The van der Waals surface area contributed by atoms with E-state index in [0.717, 1.165) is 16.5 Å². The number of fused-ring (bicyclic) bond motifs is 5. The predicted octanol–water partition coefficient (Wildman–Crippen LogP) is 2.72. The highest BCUT2D eigenvalue weighted by Crippen LogP contribution is 2.49. The van der Waals surface area contributed by atoms with Crippen LogP contribution >= 0.6 is 0 Å². The lowest BCUT2D eigenvalue weighted by Gasteiger charge is -2.38. The molecule has 0 unspecified atom stereocenters. The van der Waals surface area contributed by atoms with E-state index < -0.39 is 23.1 Å². The minimum Gasteiger partial charge on any atom is -0.479 e. The lowest BCUT2D eigenvalue weighted by molar-refractivity contribution is -0.200. The van der Waals surface area contributed by atoms with Crippen LogP contribution in [-0.2, 0) is 37.8 Å². The molecule has 0 spiro atoms. The number of para-hydroxylation sites is 1. The molecule has 1 aliphatic carbocycles. The van der Waals surface area contributed by atoms with E-state index >= 15 is 0 Å². The molecule has 0 amide bonds. The standard InChI is InChI=1S/C24H20N2O6/c1-2-24(32-23(7-8-23)21(28)29)16-10-18-19-14(9-13-5-3-4-6-17(13)25-19)11-26(18)20(27)15(16)12-31-22(24)30/h3-6,9-10H,2,7-8,11-12H2,1H3,(H,28,29)/t24-/m0/s1. The lowest BCUT2D eigenvalue weighted by atomic mass is 9.85. The van der Waals surface area contributed by atoms with Crippen molar-refractivity contribution in [3.05, 3.63) is 63.4 Å². The molecule has 2 aliphatic heterocycles. The van der Waals surface area contributed by atoms with Crippen LogP contribution in [0.4, 0.5) is 0 Å². The van der Waals surface area contributed by atoms with Crippen molar-refractivity contribution in [2.45, 2.75) is 50.5 Å². The number of nitrogens with zero attached hydrogens (tertiary/aromatic N) is 2. The maximum Gasteiger partial charge on any atom is 0.343 e. The number of aliphatic carboxylic acids is 1. The number of hydrogen-bond donors (Lipinski definition) is 1. The molecular formula is C24H20N2O6. The van der Waals surface area contributed by atoms with Crippen LogP contribution in [0.2, 0.25) is 0 Å². The Labute approximate surface area is 182 Å². The number of benzene rings is 1. The van der Waals surface area contributed by atoms with Gasteiger partial charge in [-0.3, -0.25) is 4.79 Å². The van der Waals surface area contributed by atoms with Crippen LogP contribution in [0.15, 0.2) is 41.2 Å². The summed E-state index contributed by atoms with van der Waals surface area (Å²) >= 11 is 0. The van der Waals surface area contributed by atoms with Gasteiger partial charge < -0.3 is 19.1 Å². The molecule has 1 aromatic carbocycles. The fourth-order valence-electron chi connectivity index (χ4n) is 4.89. The van der Waals surface area contributed by atoms with Gasteiger partial charge in [0, 0.05) is 16.5 Å². The molecule has 3 aromatic rings. The van der Waals surface area contributed by atoms with E-state index in [-0.39, 0.29) is 18.6 Å². The summed E-state index contributed by atoms with van der Waals surface area (Å²) in [6.07, 6.45) is 0.773. The van der Waals surface area contributed by atoms with E-state index in [2.05, 4.69) is 0 Å². The number of carboxylic acids is 1. The Kier molecular flexibility index (Phi) is 3.75. The summed E-state index contributed by atoms with van der Waals surface area (Å²) < 4.78 is 13.1. The van der Waals surface area contributed by atoms with Gasteiger partial charge in [-0.25, -0.2) is 14.6 Å². The van der Waals surface area contributed by atoms with Gasteiger partial charge in [0.1, 0.15) is 6.61 Å². The largest absolute Gasteiger partial charge is 0.479 e. The van der Waals surface area contributed by atoms with Gasteiger partial charge >= 0.3 is 11.9 Å². The third kappa shape index (κ3) is 2.41. The molecule has 0 radical (unpaired) electrons. The smallest absolute Gasteiger partial charge is 0.343 e. The van der Waals surface area contributed by atoms with E-state index in [1.807, 2.05) is 30.3 Å². The van der Waals surface area contributed by atoms with E-state index in [0.29, 0.717) is 41.9 Å². The molecule has 1 saturated carbocycles. The summed E-state index contributed by atoms with van der Waals surface area (Å²) in [6.45, 7) is 1.95. The average molecular weight is 432 g/mol. The van der Waals surface area contributed by atoms with E-state index in [9.17, 15) is 19.5 Å². The molecule has 8 heteroatoms. The zero-order valence-corrected chi connectivity index (χ0v) is 17.4. The second-order valence-electron chi connectivity index (χ2n) is 8.66. The second kappa shape index (κ2) is 6.26. The molecule has 0 bridgehead atoms. The highest BCUT2D eigenvalue weighted by atomic mass is 16.6. The van der Waals surface area contributed by atoms with Crippen LogP contribution < -0.4 is 5.56 Å². The minimum absolute atomic E-state index is 0.148. The number of rotatable bonds is 4.